The van der Waals surface area contributed by atoms with Crippen LogP contribution >= 0.6 is 0 Å². The maximum absolute atomic E-state index is 11.8. The smallest absolute Gasteiger partial charge is 0.260 e. The number of amides is 2. The largest absolute Gasteiger partial charge is 0.356 e. The van der Waals surface area contributed by atoms with Crippen molar-refractivity contribution in [2.75, 3.05) is 13.6 Å². The van der Waals surface area contributed by atoms with Gasteiger partial charge in [0.1, 0.15) is 5.56 Å². The Labute approximate surface area is 110 Å². The van der Waals surface area contributed by atoms with E-state index < -0.39 is 11.5 Å². The molecular weight excluding hydrogens is 246 g/mol. The molecule has 1 aromatic rings. The molecule has 1 rings (SSSR count). The lowest BCUT2D eigenvalue weighted by atomic mass is 10.1. The van der Waals surface area contributed by atoms with Crippen LogP contribution in [0, 0.1) is 0 Å². The summed E-state index contributed by atoms with van der Waals surface area (Å²) < 4.78 is 0. The average molecular weight is 263 g/mol. The van der Waals surface area contributed by atoms with Crippen molar-refractivity contribution in [2.45, 2.75) is 13.3 Å². The lowest BCUT2D eigenvalue weighted by molar-refractivity contribution is -0.116. The predicted molar refractivity (Wildman–Crippen MR) is 72.0 cm³/mol. The highest BCUT2D eigenvalue weighted by molar-refractivity contribution is 5.94. The molecule has 1 aromatic heterocycles. The molecule has 2 amide bonds. The maximum Gasteiger partial charge on any atom is 0.260 e. The molecule has 0 bridgehead atoms. The fraction of sp³-hybridized carbons (Fsp3) is 0.308. The SMILES string of the molecule is CCc1c[nH]c(=O)c(C(=O)NC/C=C/C(=O)NC)c1. The van der Waals surface area contributed by atoms with Crippen molar-refractivity contribution in [2.24, 2.45) is 0 Å². The van der Waals surface area contributed by atoms with E-state index in [2.05, 4.69) is 15.6 Å². The van der Waals surface area contributed by atoms with E-state index in [-0.39, 0.29) is 18.0 Å². The first-order valence-corrected chi connectivity index (χ1v) is 5.96. The number of rotatable bonds is 5. The molecule has 3 N–H and O–H groups in total. The zero-order chi connectivity index (χ0) is 14.3. The fourth-order valence-electron chi connectivity index (χ4n) is 1.40. The number of carbonyl (C=O) groups excluding carboxylic acids is 2. The van der Waals surface area contributed by atoms with Crippen LogP contribution in [0.4, 0.5) is 0 Å². The molecule has 1 heterocycles. The Morgan fingerprint density at radius 3 is 2.79 bits per heavy atom. The summed E-state index contributed by atoms with van der Waals surface area (Å²) in [5.41, 5.74) is 0.531. The van der Waals surface area contributed by atoms with Gasteiger partial charge in [0, 0.05) is 25.9 Å². The molecule has 0 radical (unpaired) electrons. The van der Waals surface area contributed by atoms with Crippen molar-refractivity contribution < 1.29 is 9.59 Å². The van der Waals surface area contributed by atoms with Crippen LogP contribution in [0.2, 0.25) is 0 Å². The lowest BCUT2D eigenvalue weighted by Gasteiger charge is -2.03. The van der Waals surface area contributed by atoms with Crippen LogP contribution in [0.15, 0.2) is 29.2 Å². The molecule has 6 nitrogen and oxygen atoms in total. The number of pyridine rings is 1. The quantitative estimate of drug-likeness (QED) is 0.651. The second-order valence-corrected chi connectivity index (χ2v) is 3.83. The first-order chi connectivity index (χ1) is 9.08. The summed E-state index contributed by atoms with van der Waals surface area (Å²) in [6, 6.07) is 1.57. The Bertz CT molecular complexity index is 546. The molecule has 0 aliphatic rings. The standard InChI is InChI=1S/C13H17N3O3/c1-3-9-7-10(13(19)16-8-9)12(18)15-6-4-5-11(17)14-2/h4-5,7-8H,3,6H2,1-2H3,(H,14,17)(H,15,18)(H,16,19)/b5-4+. The zero-order valence-corrected chi connectivity index (χ0v) is 10.9. The molecule has 0 aliphatic carbocycles. The molecule has 0 saturated heterocycles. The van der Waals surface area contributed by atoms with E-state index in [1.807, 2.05) is 6.92 Å². The molecule has 0 spiro atoms. The van der Waals surface area contributed by atoms with Crippen molar-refractivity contribution in [3.05, 3.63) is 45.9 Å². The molecule has 0 fully saturated rings. The minimum atomic E-state index is -0.460. The zero-order valence-electron chi connectivity index (χ0n) is 10.9. The highest BCUT2D eigenvalue weighted by Gasteiger charge is 2.09. The second-order valence-electron chi connectivity index (χ2n) is 3.83. The predicted octanol–water partition coefficient (Wildman–Crippen LogP) is -0.0307. The van der Waals surface area contributed by atoms with Crippen molar-refractivity contribution in [1.29, 1.82) is 0 Å². The summed E-state index contributed by atoms with van der Waals surface area (Å²) in [6.45, 7) is 2.11. The van der Waals surface area contributed by atoms with Gasteiger partial charge >= 0.3 is 0 Å². The Morgan fingerprint density at radius 2 is 2.16 bits per heavy atom. The first kappa shape index (κ1) is 14.7. The normalized spacial score (nSPS) is 10.4. The van der Waals surface area contributed by atoms with Crippen molar-refractivity contribution in [3.63, 3.8) is 0 Å². The summed E-state index contributed by atoms with van der Waals surface area (Å²) >= 11 is 0. The topological polar surface area (TPSA) is 91.1 Å². The number of aromatic amines is 1. The van der Waals surface area contributed by atoms with Crippen LogP contribution in [0.1, 0.15) is 22.8 Å². The highest BCUT2D eigenvalue weighted by Crippen LogP contribution is 1.99. The number of aromatic nitrogens is 1. The summed E-state index contributed by atoms with van der Waals surface area (Å²) in [7, 11) is 1.51. The fourth-order valence-corrected chi connectivity index (χ4v) is 1.40. The minimum absolute atomic E-state index is 0.0766. The van der Waals surface area contributed by atoms with Crippen LogP contribution in [0.5, 0.6) is 0 Å². The van der Waals surface area contributed by atoms with Crippen LogP contribution in [0.25, 0.3) is 0 Å². The number of hydrogen-bond donors (Lipinski definition) is 3. The van der Waals surface area contributed by atoms with Crippen molar-refractivity contribution >= 4 is 11.8 Å². The van der Waals surface area contributed by atoms with E-state index in [4.69, 9.17) is 0 Å². The third kappa shape index (κ3) is 4.42. The molecular formula is C13H17N3O3. The van der Waals surface area contributed by atoms with Gasteiger partial charge in [0.15, 0.2) is 0 Å². The molecule has 0 unspecified atom stereocenters. The molecule has 102 valence electrons. The molecule has 6 heteroatoms. The third-order valence-corrected chi connectivity index (χ3v) is 2.51. The Balaban J connectivity index is 2.66. The molecule has 19 heavy (non-hydrogen) atoms. The van der Waals surface area contributed by atoms with E-state index in [0.717, 1.165) is 12.0 Å². The summed E-state index contributed by atoms with van der Waals surface area (Å²) in [5, 5.41) is 4.96. The van der Waals surface area contributed by atoms with Crippen LogP contribution in [0.3, 0.4) is 0 Å². The van der Waals surface area contributed by atoms with Gasteiger partial charge in [0.05, 0.1) is 0 Å². The number of likely N-dealkylation sites (N-methyl/N-ethyl adjacent to an activating group) is 1. The first-order valence-electron chi connectivity index (χ1n) is 5.96. The van der Waals surface area contributed by atoms with Gasteiger partial charge in [-0.2, -0.15) is 0 Å². The molecule has 0 aromatic carbocycles. The molecule has 0 saturated carbocycles. The van der Waals surface area contributed by atoms with Crippen molar-refractivity contribution in [3.8, 4) is 0 Å². The summed E-state index contributed by atoms with van der Waals surface area (Å²) in [4.78, 5) is 36.7. The Hall–Kier alpha value is -2.37. The van der Waals surface area contributed by atoms with Gasteiger partial charge in [0.2, 0.25) is 5.91 Å². The minimum Gasteiger partial charge on any atom is -0.356 e. The maximum atomic E-state index is 11.8. The Morgan fingerprint density at radius 1 is 1.42 bits per heavy atom. The number of aryl methyl sites for hydroxylation is 1. The monoisotopic (exact) mass is 263 g/mol. The van der Waals surface area contributed by atoms with E-state index in [1.165, 1.54) is 19.2 Å². The number of carbonyl (C=O) groups is 2. The van der Waals surface area contributed by atoms with Gasteiger partial charge in [0.25, 0.3) is 11.5 Å². The van der Waals surface area contributed by atoms with Crippen LogP contribution in [-0.2, 0) is 11.2 Å². The van der Waals surface area contributed by atoms with E-state index in [9.17, 15) is 14.4 Å². The van der Waals surface area contributed by atoms with Gasteiger partial charge in [-0.1, -0.05) is 13.0 Å². The van der Waals surface area contributed by atoms with Crippen molar-refractivity contribution in [1.82, 2.24) is 15.6 Å². The molecule has 0 atom stereocenters. The highest BCUT2D eigenvalue weighted by atomic mass is 16.2. The summed E-state index contributed by atoms with van der Waals surface area (Å²) in [5.74, 6) is -0.710. The van der Waals surface area contributed by atoms with Crippen LogP contribution < -0.4 is 16.2 Å². The van der Waals surface area contributed by atoms with Gasteiger partial charge in [-0.25, -0.2) is 0 Å². The van der Waals surface area contributed by atoms with Gasteiger partial charge in [-0.15, -0.1) is 0 Å². The van der Waals surface area contributed by atoms with Gasteiger partial charge < -0.3 is 15.6 Å². The van der Waals surface area contributed by atoms with Crippen LogP contribution in [-0.4, -0.2) is 30.4 Å². The van der Waals surface area contributed by atoms with Gasteiger partial charge in [-0.3, -0.25) is 14.4 Å². The Kier molecular flexibility index (Phi) is 5.53. The number of nitrogens with one attached hydrogen (secondary N) is 3. The van der Waals surface area contributed by atoms with E-state index in [0.29, 0.717) is 0 Å². The average Bonchev–Trinajstić information content (AvgIpc) is 2.43. The van der Waals surface area contributed by atoms with E-state index in [1.54, 1.807) is 12.3 Å². The number of H-pyrrole nitrogens is 1. The second kappa shape index (κ2) is 7.15. The molecule has 0 aliphatic heterocycles. The van der Waals surface area contributed by atoms with Gasteiger partial charge in [-0.05, 0) is 18.1 Å². The number of hydrogen-bond acceptors (Lipinski definition) is 3. The lowest BCUT2D eigenvalue weighted by Crippen LogP contribution is -2.30. The third-order valence-electron chi connectivity index (χ3n) is 2.51. The summed E-state index contributed by atoms with van der Waals surface area (Å²) in [6.07, 6.45) is 5.14. The van der Waals surface area contributed by atoms with E-state index >= 15 is 0 Å².